The van der Waals surface area contributed by atoms with Crippen molar-refractivity contribution in [1.82, 2.24) is 15.5 Å². The van der Waals surface area contributed by atoms with Gasteiger partial charge in [-0.1, -0.05) is 18.2 Å². The van der Waals surface area contributed by atoms with E-state index >= 15 is 0 Å². The maximum atomic E-state index is 11.5. The first-order valence-corrected chi connectivity index (χ1v) is 10.9. The van der Waals surface area contributed by atoms with Gasteiger partial charge in [0.1, 0.15) is 5.75 Å². The van der Waals surface area contributed by atoms with Gasteiger partial charge >= 0.3 is 0 Å². The van der Waals surface area contributed by atoms with Gasteiger partial charge in [0.25, 0.3) is 0 Å². The number of ether oxygens (including phenoxy) is 1. The molecule has 0 spiro atoms. The van der Waals surface area contributed by atoms with Crippen LogP contribution in [-0.2, 0) is 16.3 Å². The molecular weight excluding hydrogens is 479 g/mol. The van der Waals surface area contributed by atoms with Gasteiger partial charge in [-0.15, -0.1) is 24.0 Å². The number of sulfone groups is 1. The molecule has 0 aromatic heterocycles. The molecule has 0 radical (unpaired) electrons. The highest BCUT2D eigenvalue weighted by molar-refractivity contribution is 14.0. The predicted molar refractivity (Wildman–Crippen MR) is 121 cm³/mol. The Balaban J connectivity index is 0.00000364. The fraction of sp³-hybridized carbons (Fsp3) is 0.611. The van der Waals surface area contributed by atoms with Gasteiger partial charge in [-0.05, 0) is 25.0 Å². The summed E-state index contributed by atoms with van der Waals surface area (Å²) < 4.78 is 28.3. The maximum Gasteiger partial charge on any atom is 0.191 e. The molecule has 1 aromatic carbocycles. The highest BCUT2D eigenvalue weighted by Crippen LogP contribution is 2.17. The third-order valence-corrected chi connectivity index (χ3v) is 5.96. The lowest BCUT2D eigenvalue weighted by molar-refractivity contribution is 0.304. The predicted octanol–water partition coefficient (Wildman–Crippen LogP) is 1.14. The number of nitrogens with zero attached hydrogens (tertiary/aromatic N) is 2. The zero-order valence-corrected chi connectivity index (χ0v) is 19.3. The van der Waals surface area contributed by atoms with Crippen LogP contribution in [-0.4, -0.2) is 77.2 Å². The van der Waals surface area contributed by atoms with Crippen LogP contribution in [0.3, 0.4) is 0 Å². The van der Waals surface area contributed by atoms with Crippen molar-refractivity contribution in [2.24, 2.45) is 4.99 Å². The summed E-state index contributed by atoms with van der Waals surface area (Å²) in [5, 5.41) is 6.58. The van der Waals surface area contributed by atoms with E-state index in [0.717, 1.165) is 43.3 Å². The Bertz CT molecular complexity index is 684. The lowest BCUT2D eigenvalue weighted by atomic mass is 10.1. The molecule has 27 heavy (non-hydrogen) atoms. The fourth-order valence-corrected chi connectivity index (χ4v) is 4.12. The van der Waals surface area contributed by atoms with Crippen molar-refractivity contribution in [1.29, 1.82) is 0 Å². The van der Waals surface area contributed by atoms with E-state index in [9.17, 15) is 8.42 Å². The van der Waals surface area contributed by atoms with Crippen LogP contribution in [0.1, 0.15) is 12.5 Å². The first-order valence-electron chi connectivity index (χ1n) is 9.11. The number of benzene rings is 1. The van der Waals surface area contributed by atoms with Crippen molar-refractivity contribution in [3.8, 4) is 5.75 Å². The van der Waals surface area contributed by atoms with Crippen LogP contribution in [0.25, 0.3) is 0 Å². The average molecular weight is 510 g/mol. The smallest absolute Gasteiger partial charge is 0.191 e. The Morgan fingerprint density at radius 3 is 2.59 bits per heavy atom. The number of methoxy groups -OCH3 is 1. The number of hydrogen-bond donors (Lipinski definition) is 2. The lowest BCUT2D eigenvalue weighted by Crippen LogP contribution is -2.42. The summed E-state index contributed by atoms with van der Waals surface area (Å²) in [6.07, 6.45) is 0.846. The fourth-order valence-electron chi connectivity index (χ4n) is 2.84. The normalized spacial score (nSPS) is 17.0. The van der Waals surface area contributed by atoms with Crippen LogP contribution in [0.15, 0.2) is 29.3 Å². The van der Waals surface area contributed by atoms with Crippen molar-refractivity contribution in [2.45, 2.75) is 13.3 Å². The summed E-state index contributed by atoms with van der Waals surface area (Å²) in [5.41, 5.74) is 1.16. The molecule has 1 heterocycles. The molecule has 0 atom stereocenters. The van der Waals surface area contributed by atoms with Crippen LogP contribution in [0.2, 0.25) is 0 Å². The quantitative estimate of drug-likeness (QED) is 0.310. The van der Waals surface area contributed by atoms with Crippen LogP contribution >= 0.6 is 24.0 Å². The second kappa shape index (κ2) is 12.4. The minimum atomic E-state index is -2.82. The Kier molecular flexibility index (Phi) is 11.0. The topological polar surface area (TPSA) is 83.0 Å². The minimum absolute atomic E-state index is 0. The molecule has 2 N–H and O–H groups in total. The number of hydrogen-bond acceptors (Lipinski definition) is 5. The molecule has 1 aliphatic heterocycles. The van der Waals surface area contributed by atoms with Gasteiger partial charge in [-0.25, -0.2) is 8.42 Å². The summed E-state index contributed by atoms with van der Waals surface area (Å²) in [6, 6.07) is 8.01. The average Bonchev–Trinajstić information content (AvgIpc) is 2.63. The molecule has 1 aliphatic rings. The summed E-state index contributed by atoms with van der Waals surface area (Å²) in [6.45, 7) is 6.22. The summed E-state index contributed by atoms with van der Waals surface area (Å²) >= 11 is 0. The van der Waals surface area contributed by atoms with Crippen LogP contribution in [0.5, 0.6) is 5.75 Å². The minimum Gasteiger partial charge on any atom is -0.496 e. The van der Waals surface area contributed by atoms with Gasteiger partial charge in [0, 0.05) is 32.7 Å². The number of para-hydroxylation sites is 1. The van der Waals surface area contributed by atoms with Gasteiger partial charge in [-0.3, -0.25) is 9.89 Å². The molecule has 0 bridgehead atoms. The highest BCUT2D eigenvalue weighted by atomic mass is 127. The van der Waals surface area contributed by atoms with Crippen molar-refractivity contribution in [3.05, 3.63) is 29.8 Å². The van der Waals surface area contributed by atoms with Crippen molar-refractivity contribution >= 4 is 39.8 Å². The Hall–Kier alpha value is -1.07. The van der Waals surface area contributed by atoms with E-state index in [0.29, 0.717) is 19.6 Å². The van der Waals surface area contributed by atoms with Gasteiger partial charge in [-0.2, -0.15) is 0 Å². The van der Waals surface area contributed by atoms with Crippen LogP contribution < -0.4 is 15.4 Å². The number of nitrogens with one attached hydrogen (secondary N) is 2. The van der Waals surface area contributed by atoms with E-state index in [1.807, 2.05) is 25.1 Å². The Morgan fingerprint density at radius 1 is 1.22 bits per heavy atom. The third-order valence-electron chi connectivity index (χ3n) is 4.35. The van der Waals surface area contributed by atoms with Gasteiger partial charge < -0.3 is 15.4 Å². The zero-order chi connectivity index (χ0) is 18.8. The Morgan fingerprint density at radius 2 is 1.93 bits per heavy atom. The molecule has 1 saturated heterocycles. The summed E-state index contributed by atoms with van der Waals surface area (Å²) in [5.74, 6) is 2.20. The Labute approximate surface area is 179 Å². The van der Waals surface area contributed by atoms with Gasteiger partial charge in [0.15, 0.2) is 15.8 Å². The molecule has 0 saturated carbocycles. The molecule has 154 valence electrons. The molecular formula is C18H31IN4O3S. The molecule has 0 aliphatic carbocycles. The van der Waals surface area contributed by atoms with E-state index in [4.69, 9.17) is 4.74 Å². The van der Waals surface area contributed by atoms with Crippen LogP contribution in [0, 0.1) is 0 Å². The maximum absolute atomic E-state index is 11.5. The SMILES string of the molecule is CCNC(=NCCN1CCS(=O)(=O)CC1)NCCc1ccccc1OC.I. The standard InChI is InChI=1S/C18H30N4O3S.HI/c1-3-19-18(20-9-8-16-6-4-5-7-17(16)25-2)21-10-11-22-12-14-26(23,24)15-13-22;/h4-7H,3,8-15H2,1-2H3,(H2,19,20,21);1H. The molecule has 9 heteroatoms. The zero-order valence-electron chi connectivity index (χ0n) is 16.1. The first-order chi connectivity index (χ1) is 12.5. The van der Waals surface area contributed by atoms with E-state index in [1.165, 1.54) is 0 Å². The number of rotatable bonds is 8. The largest absolute Gasteiger partial charge is 0.496 e. The van der Waals surface area contributed by atoms with E-state index in [2.05, 4.69) is 26.6 Å². The van der Waals surface area contributed by atoms with Crippen molar-refractivity contribution < 1.29 is 13.2 Å². The monoisotopic (exact) mass is 510 g/mol. The summed E-state index contributed by atoms with van der Waals surface area (Å²) in [7, 11) is -1.14. The first kappa shape index (κ1) is 24.0. The van der Waals surface area contributed by atoms with E-state index in [1.54, 1.807) is 7.11 Å². The van der Waals surface area contributed by atoms with E-state index in [-0.39, 0.29) is 35.5 Å². The van der Waals surface area contributed by atoms with Crippen LogP contribution in [0.4, 0.5) is 0 Å². The molecule has 2 rings (SSSR count). The third kappa shape index (κ3) is 8.65. The van der Waals surface area contributed by atoms with Gasteiger partial charge in [0.2, 0.25) is 0 Å². The molecule has 1 fully saturated rings. The van der Waals surface area contributed by atoms with Gasteiger partial charge in [0.05, 0.1) is 25.2 Å². The van der Waals surface area contributed by atoms with Crippen molar-refractivity contribution in [2.75, 3.05) is 57.9 Å². The molecule has 1 aromatic rings. The number of guanidine groups is 1. The number of aliphatic imine (C=N–C) groups is 1. The second-order valence-electron chi connectivity index (χ2n) is 6.24. The second-order valence-corrected chi connectivity index (χ2v) is 8.55. The lowest BCUT2D eigenvalue weighted by Gasteiger charge is -2.25. The molecule has 0 unspecified atom stereocenters. The molecule has 0 amide bonds. The highest BCUT2D eigenvalue weighted by Gasteiger charge is 2.20. The van der Waals surface area contributed by atoms with Crippen molar-refractivity contribution in [3.63, 3.8) is 0 Å². The van der Waals surface area contributed by atoms with E-state index < -0.39 is 9.84 Å². The number of halogens is 1. The molecule has 7 nitrogen and oxygen atoms in total. The summed E-state index contributed by atoms with van der Waals surface area (Å²) in [4.78, 5) is 6.75.